The number of nitrogens with one attached hydrogen (secondary N) is 1. The number of rotatable bonds is 5. The molecule has 1 aromatic carbocycles. The van der Waals surface area contributed by atoms with Gasteiger partial charge in [-0.2, -0.15) is 5.10 Å². The zero-order valence-corrected chi connectivity index (χ0v) is 9.95. The van der Waals surface area contributed by atoms with Crippen molar-refractivity contribution < 1.29 is 25.2 Å². The van der Waals surface area contributed by atoms with Gasteiger partial charge in [0.05, 0.1) is 11.6 Å². The van der Waals surface area contributed by atoms with Crippen molar-refractivity contribution in [3.8, 4) is 0 Å². The minimum atomic E-state index is -1.19. The first-order chi connectivity index (χ1) is 9.04. The van der Waals surface area contributed by atoms with E-state index in [9.17, 15) is 15.0 Å². The van der Waals surface area contributed by atoms with E-state index in [4.69, 9.17) is 10.2 Å². The number of nitrogens with zero attached hydrogens (tertiary/aromatic N) is 1. The normalized spacial score (nSPS) is 14.5. The number of H-pyrrole nitrogens is 1. The summed E-state index contributed by atoms with van der Waals surface area (Å²) >= 11 is 0. The molecule has 0 aliphatic rings. The first-order valence-electron chi connectivity index (χ1n) is 5.73. The van der Waals surface area contributed by atoms with Crippen molar-refractivity contribution in [3.63, 3.8) is 0 Å². The Morgan fingerprint density at radius 2 is 2.11 bits per heavy atom. The van der Waals surface area contributed by atoms with Crippen LogP contribution in [0.3, 0.4) is 0 Å². The summed E-state index contributed by atoms with van der Waals surface area (Å²) in [5.74, 6) is -1.17. The molecule has 0 radical (unpaired) electrons. The highest BCUT2D eigenvalue weighted by Crippen LogP contribution is 2.24. The van der Waals surface area contributed by atoms with Gasteiger partial charge in [0.2, 0.25) is 0 Å². The molecular weight excluding hydrogens is 252 g/mol. The molecule has 102 valence electrons. The molecule has 0 aliphatic heterocycles. The van der Waals surface area contributed by atoms with E-state index in [1.165, 1.54) is 6.07 Å². The molecule has 5 N–H and O–H groups in total. The van der Waals surface area contributed by atoms with E-state index < -0.39 is 18.2 Å². The summed E-state index contributed by atoms with van der Waals surface area (Å²) in [5.41, 5.74) is 0.767. The topological polar surface area (TPSA) is 127 Å². The number of benzene rings is 1. The highest BCUT2D eigenvalue weighted by Gasteiger charge is 2.20. The minimum Gasteiger partial charge on any atom is -0.476 e. The van der Waals surface area contributed by atoms with Crippen molar-refractivity contribution in [1.29, 1.82) is 0 Å². The van der Waals surface area contributed by atoms with Gasteiger partial charge in [-0.25, -0.2) is 4.79 Å². The van der Waals surface area contributed by atoms with Crippen LogP contribution in [-0.2, 0) is 0 Å². The van der Waals surface area contributed by atoms with Crippen LogP contribution in [0, 0.1) is 0 Å². The second kappa shape index (κ2) is 5.35. The third kappa shape index (κ3) is 2.58. The number of aromatic nitrogens is 2. The lowest BCUT2D eigenvalue weighted by Gasteiger charge is -2.17. The van der Waals surface area contributed by atoms with Crippen LogP contribution in [0.25, 0.3) is 10.9 Å². The summed E-state index contributed by atoms with van der Waals surface area (Å²) in [6.45, 7) is -0.243. The van der Waals surface area contributed by atoms with Crippen molar-refractivity contribution >= 4 is 16.9 Å². The van der Waals surface area contributed by atoms with Crippen LogP contribution in [0.5, 0.6) is 0 Å². The molecule has 7 nitrogen and oxygen atoms in total. The van der Waals surface area contributed by atoms with E-state index in [0.29, 0.717) is 16.5 Å². The van der Waals surface area contributed by atoms with Crippen molar-refractivity contribution in [2.75, 3.05) is 6.61 Å². The van der Waals surface area contributed by atoms with Gasteiger partial charge in [-0.05, 0) is 24.1 Å². The van der Waals surface area contributed by atoms with Gasteiger partial charge in [0.15, 0.2) is 5.69 Å². The van der Waals surface area contributed by atoms with Crippen LogP contribution in [0.15, 0.2) is 18.2 Å². The average molecular weight is 266 g/mol. The Kier molecular flexibility index (Phi) is 3.79. The zero-order valence-electron chi connectivity index (χ0n) is 9.95. The van der Waals surface area contributed by atoms with Crippen molar-refractivity contribution in [2.24, 2.45) is 0 Å². The number of carboxylic acids is 1. The molecule has 0 spiro atoms. The molecule has 0 saturated carbocycles. The molecule has 0 aliphatic carbocycles. The predicted octanol–water partition coefficient (Wildman–Crippen LogP) is 0.0378. The van der Waals surface area contributed by atoms with Gasteiger partial charge in [0.1, 0.15) is 6.10 Å². The summed E-state index contributed by atoms with van der Waals surface area (Å²) in [7, 11) is 0. The van der Waals surface area contributed by atoms with Gasteiger partial charge >= 0.3 is 5.97 Å². The number of hydrogen-bond acceptors (Lipinski definition) is 5. The van der Waals surface area contributed by atoms with Crippen LogP contribution in [0.1, 0.15) is 28.6 Å². The largest absolute Gasteiger partial charge is 0.476 e. The lowest BCUT2D eigenvalue weighted by atomic mass is 10.0. The Bertz CT molecular complexity index is 595. The van der Waals surface area contributed by atoms with E-state index in [1.807, 2.05) is 0 Å². The van der Waals surface area contributed by atoms with Crippen molar-refractivity contribution in [1.82, 2.24) is 10.2 Å². The number of aromatic amines is 1. The molecular formula is C12H14N2O5. The number of fused-ring (bicyclic) bond motifs is 1. The number of hydrogen-bond donors (Lipinski definition) is 5. The lowest BCUT2D eigenvalue weighted by Crippen LogP contribution is -2.19. The second-order valence-corrected chi connectivity index (χ2v) is 4.21. The van der Waals surface area contributed by atoms with Gasteiger partial charge in [0.25, 0.3) is 0 Å². The molecule has 7 heteroatoms. The molecule has 0 saturated heterocycles. The number of carboxylic acid groups (broad SMARTS) is 1. The lowest BCUT2D eigenvalue weighted by molar-refractivity contribution is 0.00429. The highest BCUT2D eigenvalue weighted by molar-refractivity contribution is 6.01. The third-order valence-electron chi connectivity index (χ3n) is 2.92. The smallest absolute Gasteiger partial charge is 0.357 e. The Morgan fingerprint density at radius 1 is 1.37 bits per heavy atom. The summed E-state index contributed by atoms with van der Waals surface area (Å²) < 4.78 is 0. The van der Waals surface area contributed by atoms with E-state index in [-0.39, 0.29) is 18.7 Å². The standard InChI is InChI=1S/C12H14N2O5/c15-4-3-9(16)11(17)6-1-2-8-7(5-6)10(12(18)19)14-13-8/h1-2,5,9,11,15-17H,3-4H2,(H,13,14)(H,18,19). The van der Waals surface area contributed by atoms with Crippen LogP contribution in [-0.4, -0.2) is 49.3 Å². The van der Waals surface area contributed by atoms with Crippen LogP contribution >= 0.6 is 0 Å². The quantitative estimate of drug-likeness (QED) is 0.520. The molecule has 0 bridgehead atoms. The maximum absolute atomic E-state index is 11.0. The maximum atomic E-state index is 11.0. The average Bonchev–Trinajstić information content (AvgIpc) is 2.80. The maximum Gasteiger partial charge on any atom is 0.357 e. The Labute approximate surface area is 108 Å². The molecule has 1 heterocycles. The summed E-state index contributed by atoms with van der Waals surface area (Å²) in [4.78, 5) is 11.0. The summed E-state index contributed by atoms with van der Waals surface area (Å²) in [6.07, 6.45) is -2.26. The van der Waals surface area contributed by atoms with Crippen molar-refractivity contribution in [3.05, 3.63) is 29.5 Å². The fraction of sp³-hybridized carbons (Fsp3) is 0.333. The van der Waals surface area contributed by atoms with Gasteiger partial charge in [-0.1, -0.05) is 6.07 Å². The zero-order chi connectivity index (χ0) is 14.0. The monoisotopic (exact) mass is 266 g/mol. The van der Waals surface area contributed by atoms with Crippen LogP contribution < -0.4 is 0 Å². The summed E-state index contributed by atoms with van der Waals surface area (Å²) in [5, 5.41) is 43.8. The Hall–Kier alpha value is -1.96. The fourth-order valence-electron chi connectivity index (χ4n) is 1.89. The molecule has 0 amide bonds. The highest BCUT2D eigenvalue weighted by atomic mass is 16.4. The predicted molar refractivity (Wildman–Crippen MR) is 65.7 cm³/mol. The van der Waals surface area contributed by atoms with E-state index in [2.05, 4.69) is 10.2 Å². The Balaban J connectivity index is 2.39. The van der Waals surface area contributed by atoms with Gasteiger partial charge < -0.3 is 20.4 Å². The molecule has 0 fully saturated rings. The van der Waals surface area contributed by atoms with Gasteiger partial charge in [-0.15, -0.1) is 0 Å². The van der Waals surface area contributed by atoms with E-state index in [0.717, 1.165) is 0 Å². The van der Waals surface area contributed by atoms with Crippen LogP contribution in [0.4, 0.5) is 0 Å². The SMILES string of the molecule is O=C(O)c1n[nH]c2ccc(C(O)C(O)CCO)cc12. The first-order valence-corrected chi connectivity index (χ1v) is 5.73. The molecule has 2 atom stereocenters. The number of aromatic carboxylic acids is 1. The first kappa shape index (κ1) is 13.5. The molecule has 2 unspecified atom stereocenters. The van der Waals surface area contributed by atoms with Crippen molar-refractivity contribution in [2.45, 2.75) is 18.6 Å². The third-order valence-corrected chi connectivity index (χ3v) is 2.92. The summed E-state index contributed by atoms with van der Waals surface area (Å²) in [6, 6.07) is 4.62. The number of aliphatic hydroxyl groups excluding tert-OH is 3. The number of carbonyl (C=O) groups is 1. The second-order valence-electron chi connectivity index (χ2n) is 4.21. The molecule has 2 rings (SSSR count). The minimum absolute atomic E-state index is 0.0381. The molecule has 1 aromatic heterocycles. The van der Waals surface area contributed by atoms with E-state index >= 15 is 0 Å². The number of aliphatic hydroxyl groups is 3. The fourth-order valence-corrected chi connectivity index (χ4v) is 1.89. The Morgan fingerprint density at radius 3 is 2.74 bits per heavy atom. The molecule has 2 aromatic rings. The van der Waals surface area contributed by atoms with Gasteiger partial charge in [0, 0.05) is 12.0 Å². The van der Waals surface area contributed by atoms with Crippen LogP contribution in [0.2, 0.25) is 0 Å². The molecule has 19 heavy (non-hydrogen) atoms. The van der Waals surface area contributed by atoms with E-state index in [1.54, 1.807) is 12.1 Å². The van der Waals surface area contributed by atoms with Gasteiger partial charge in [-0.3, -0.25) is 5.10 Å².